The zero-order valence-electron chi connectivity index (χ0n) is 24.2. The molecule has 1 aliphatic heterocycles. The summed E-state index contributed by atoms with van der Waals surface area (Å²) in [6.07, 6.45) is 2.29. The van der Waals surface area contributed by atoms with Crippen molar-refractivity contribution in [1.29, 1.82) is 0 Å². The first-order chi connectivity index (χ1) is 20.3. The third-order valence-corrected chi connectivity index (χ3v) is 6.71. The second-order valence-electron chi connectivity index (χ2n) is 9.46. The Balaban J connectivity index is 1.38. The third-order valence-electron chi connectivity index (χ3n) is 6.39. The van der Waals surface area contributed by atoms with Gasteiger partial charge in [-0.1, -0.05) is 29.8 Å². The highest BCUT2D eigenvalue weighted by Crippen LogP contribution is 2.30. The fourth-order valence-electron chi connectivity index (χ4n) is 4.30. The van der Waals surface area contributed by atoms with Crippen molar-refractivity contribution < 1.29 is 28.5 Å². The van der Waals surface area contributed by atoms with Gasteiger partial charge < -0.3 is 29.6 Å². The number of nitrogens with one attached hydrogen (secondary N) is 2. The van der Waals surface area contributed by atoms with E-state index in [1.54, 1.807) is 29.2 Å². The molecule has 3 aromatic rings. The van der Waals surface area contributed by atoms with Gasteiger partial charge in [0.25, 0.3) is 11.8 Å². The number of hydrogen-bond donors (Lipinski definition) is 2. The van der Waals surface area contributed by atoms with Crippen molar-refractivity contribution in [3.05, 3.63) is 83.1 Å². The maximum absolute atomic E-state index is 13.2. The summed E-state index contributed by atoms with van der Waals surface area (Å²) in [5.74, 6) is 1.70. The van der Waals surface area contributed by atoms with E-state index in [1.165, 1.54) is 7.11 Å². The highest BCUT2D eigenvalue weighted by Gasteiger charge is 2.30. The molecule has 10 heteroatoms. The largest absolute Gasteiger partial charge is 0.493 e. The normalized spacial score (nSPS) is 13.6. The minimum atomic E-state index is -0.291. The molecule has 1 fully saturated rings. The summed E-state index contributed by atoms with van der Waals surface area (Å²) in [6, 6.07) is 18.5. The van der Waals surface area contributed by atoms with Crippen LogP contribution in [0.15, 0.2) is 66.4 Å². The molecular formula is C32H35N3O6S. The lowest BCUT2D eigenvalue weighted by atomic mass is 10.1. The molecule has 0 unspecified atom stereocenters. The molecule has 42 heavy (non-hydrogen) atoms. The Kier molecular flexibility index (Phi) is 10.4. The molecule has 1 aliphatic rings. The van der Waals surface area contributed by atoms with Gasteiger partial charge in [-0.2, -0.15) is 0 Å². The number of rotatable bonds is 13. The maximum atomic E-state index is 13.2. The fourth-order valence-corrected chi connectivity index (χ4v) is 4.59. The number of nitrogens with zero attached hydrogens (tertiary/aromatic N) is 1. The topological polar surface area (TPSA) is 98.4 Å². The Bertz CT molecular complexity index is 1470. The van der Waals surface area contributed by atoms with E-state index < -0.39 is 0 Å². The van der Waals surface area contributed by atoms with Gasteiger partial charge in [0, 0.05) is 12.2 Å². The van der Waals surface area contributed by atoms with E-state index in [4.69, 9.17) is 31.2 Å². The maximum Gasteiger partial charge on any atom is 0.276 e. The number of amides is 2. The van der Waals surface area contributed by atoms with E-state index >= 15 is 0 Å². The van der Waals surface area contributed by atoms with Crippen LogP contribution in [0.3, 0.4) is 0 Å². The summed E-state index contributed by atoms with van der Waals surface area (Å²) < 4.78 is 22.5. The smallest absolute Gasteiger partial charge is 0.276 e. The summed E-state index contributed by atoms with van der Waals surface area (Å²) in [6.45, 7) is 7.12. The Labute approximate surface area is 251 Å². The third kappa shape index (κ3) is 7.79. The summed E-state index contributed by atoms with van der Waals surface area (Å²) in [5.41, 5.74) is 3.86. The SMILES string of the molecule is CCOc1ccc(CCN2C(=O)/C(=C\c3ccc(OCC(=O)Nc4ccc(C)cc4)c(OC)c3)NC2=S)cc1OCC. The number of hydrogen-bond acceptors (Lipinski definition) is 7. The van der Waals surface area contributed by atoms with Crippen LogP contribution in [-0.4, -0.2) is 55.3 Å². The molecule has 0 saturated carbocycles. The Morgan fingerprint density at radius 1 is 0.929 bits per heavy atom. The Hall–Kier alpha value is -4.57. The van der Waals surface area contributed by atoms with E-state index in [0.717, 1.165) is 11.1 Å². The molecule has 2 N–H and O–H groups in total. The molecule has 1 heterocycles. The van der Waals surface area contributed by atoms with Gasteiger partial charge >= 0.3 is 0 Å². The van der Waals surface area contributed by atoms with Crippen molar-refractivity contribution in [2.75, 3.05) is 38.8 Å². The predicted octanol–water partition coefficient (Wildman–Crippen LogP) is 5.12. The predicted molar refractivity (Wildman–Crippen MR) is 166 cm³/mol. The van der Waals surface area contributed by atoms with Crippen molar-refractivity contribution in [1.82, 2.24) is 10.2 Å². The van der Waals surface area contributed by atoms with Gasteiger partial charge in [-0.05, 0) is 93.0 Å². The van der Waals surface area contributed by atoms with Crippen LogP contribution in [0, 0.1) is 6.92 Å². The Morgan fingerprint density at radius 3 is 2.33 bits per heavy atom. The van der Waals surface area contributed by atoms with Crippen LogP contribution < -0.4 is 29.6 Å². The first-order valence-electron chi connectivity index (χ1n) is 13.7. The van der Waals surface area contributed by atoms with E-state index in [2.05, 4.69) is 10.6 Å². The summed E-state index contributed by atoms with van der Waals surface area (Å²) in [4.78, 5) is 27.1. The molecule has 0 bridgehead atoms. The molecule has 220 valence electrons. The number of thiocarbonyl (C=S) groups is 1. The summed E-state index contributed by atoms with van der Waals surface area (Å²) in [5, 5.41) is 6.15. The van der Waals surface area contributed by atoms with Crippen molar-refractivity contribution >= 4 is 40.9 Å². The van der Waals surface area contributed by atoms with Crippen LogP contribution >= 0.6 is 12.2 Å². The van der Waals surface area contributed by atoms with Gasteiger partial charge in [-0.3, -0.25) is 14.5 Å². The second kappa shape index (κ2) is 14.4. The standard InChI is InChI=1S/C32H35N3O6S/c1-5-39-27-13-9-22(18-29(27)40-6-2)15-16-35-31(37)25(34-32(35)42)17-23-10-14-26(28(19-23)38-4)41-20-30(36)33-24-11-7-21(3)8-12-24/h7-14,17-19H,5-6,15-16,20H2,1-4H3,(H,33,36)(H,34,42)/b25-17+. The van der Waals surface area contributed by atoms with Crippen LogP contribution in [0.5, 0.6) is 23.0 Å². The number of benzene rings is 3. The number of carbonyl (C=O) groups excluding carboxylic acids is 2. The molecule has 9 nitrogen and oxygen atoms in total. The number of carbonyl (C=O) groups is 2. The summed E-state index contributed by atoms with van der Waals surface area (Å²) in [7, 11) is 1.51. The number of methoxy groups -OCH3 is 1. The van der Waals surface area contributed by atoms with Crippen molar-refractivity contribution in [2.24, 2.45) is 0 Å². The minimum Gasteiger partial charge on any atom is -0.493 e. The molecule has 0 atom stereocenters. The van der Waals surface area contributed by atoms with Crippen LogP contribution in [0.1, 0.15) is 30.5 Å². The van der Waals surface area contributed by atoms with Gasteiger partial charge in [-0.15, -0.1) is 0 Å². The molecule has 3 aromatic carbocycles. The van der Waals surface area contributed by atoms with Crippen LogP contribution in [0.25, 0.3) is 6.08 Å². The molecule has 4 rings (SSSR count). The zero-order valence-corrected chi connectivity index (χ0v) is 25.0. The van der Waals surface area contributed by atoms with E-state index in [9.17, 15) is 9.59 Å². The zero-order chi connectivity index (χ0) is 30.1. The Morgan fingerprint density at radius 2 is 1.62 bits per heavy atom. The van der Waals surface area contributed by atoms with Crippen molar-refractivity contribution in [2.45, 2.75) is 27.2 Å². The van der Waals surface area contributed by atoms with Gasteiger partial charge in [0.15, 0.2) is 34.7 Å². The second-order valence-corrected chi connectivity index (χ2v) is 9.84. The van der Waals surface area contributed by atoms with Crippen LogP contribution in [0.4, 0.5) is 5.69 Å². The summed E-state index contributed by atoms with van der Waals surface area (Å²) >= 11 is 5.46. The van der Waals surface area contributed by atoms with Crippen LogP contribution in [0.2, 0.25) is 0 Å². The average Bonchev–Trinajstić information content (AvgIpc) is 3.25. The van der Waals surface area contributed by atoms with Crippen LogP contribution in [-0.2, 0) is 16.0 Å². The first kappa shape index (κ1) is 30.4. The van der Waals surface area contributed by atoms with Crippen molar-refractivity contribution in [3.8, 4) is 23.0 Å². The van der Waals surface area contributed by atoms with Gasteiger partial charge in [0.2, 0.25) is 0 Å². The van der Waals surface area contributed by atoms with E-state index in [0.29, 0.717) is 71.2 Å². The molecule has 0 aliphatic carbocycles. The molecule has 0 radical (unpaired) electrons. The monoisotopic (exact) mass is 589 g/mol. The number of ether oxygens (including phenoxy) is 4. The van der Waals surface area contributed by atoms with Crippen molar-refractivity contribution in [3.63, 3.8) is 0 Å². The van der Waals surface area contributed by atoms with Gasteiger partial charge in [0.1, 0.15) is 5.70 Å². The number of aryl methyl sites for hydroxylation is 1. The quantitative estimate of drug-likeness (QED) is 0.210. The lowest BCUT2D eigenvalue weighted by Crippen LogP contribution is -2.32. The molecular weight excluding hydrogens is 554 g/mol. The molecule has 0 spiro atoms. The van der Waals surface area contributed by atoms with E-state index in [1.807, 2.05) is 63.2 Å². The minimum absolute atomic E-state index is 0.186. The van der Waals surface area contributed by atoms with E-state index in [-0.39, 0.29) is 18.4 Å². The fraction of sp³-hybridized carbons (Fsp3) is 0.281. The number of anilines is 1. The molecule has 1 saturated heterocycles. The van der Waals surface area contributed by atoms with Gasteiger partial charge in [0.05, 0.1) is 20.3 Å². The highest BCUT2D eigenvalue weighted by molar-refractivity contribution is 7.80. The lowest BCUT2D eigenvalue weighted by Gasteiger charge is -2.16. The first-order valence-corrected chi connectivity index (χ1v) is 14.1. The highest BCUT2D eigenvalue weighted by atomic mass is 32.1. The van der Waals surface area contributed by atoms with Gasteiger partial charge in [-0.25, -0.2) is 0 Å². The lowest BCUT2D eigenvalue weighted by molar-refractivity contribution is -0.122. The molecule has 2 amide bonds. The molecule has 0 aromatic heterocycles. The average molecular weight is 590 g/mol.